The molecule has 3 rings (SSSR count). The van der Waals surface area contributed by atoms with Crippen LogP contribution in [0.5, 0.6) is 0 Å². The largest absolute Gasteiger partial charge is 0.452 e. The van der Waals surface area contributed by atoms with Crippen LogP contribution in [0.4, 0.5) is 17.1 Å². The number of aliphatic hydroxyl groups is 1. The van der Waals surface area contributed by atoms with Gasteiger partial charge in [0.2, 0.25) is 10.0 Å². The van der Waals surface area contributed by atoms with Crippen LogP contribution in [-0.2, 0) is 19.6 Å². The average molecular weight is 521 g/mol. The fourth-order valence-corrected chi connectivity index (χ4v) is 5.53. The minimum atomic E-state index is -3.72. The van der Waals surface area contributed by atoms with Gasteiger partial charge in [-0.05, 0) is 43.5 Å². The van der Waals surface area contributed by atoms with E-state index >= 15 is 0 Å². The van der Waals surface area contributed by atoms with Crippen LogP contribution in [-0.4, -0.2) is 67.5 Å². The van der Waals surface area contributed by atoms with E-state index in [1.807, 2.05) is 0 Å². The molecule has 1 aliphatic rings. The predicted molar refractivity (Wildman–Crippen MR) is 131 cm³/mol. The van der Waals surface area contributed by atoms with Gasteiger partial charge in [0, 0.05) is 43.1 Å². The van der Waals surface area contributed by atoms with Gasteiger partial charge in [-0.3, -0.25) is 14.9 Å². The number of carbonyl (C=O) groups excluding carboxylic acids is 2. The minimum Gasteiger partial charge on any atom is -0.452 e. The number of nitro benzene ring substituents is 1. The second kappa shape index (κ2) is 11.9. The Hall–Kier alpha value is -3.55. The van der Waals surface area contributed by atoms with E-state index in [-0.39, 0.29) is 40.7 Å². The van der Waals surface area contributed by atoms with Crippen molar-refractivity contribution in [3.05, 3.63) is 57.6 Å². The summed E-state index contributed by atoms with van der Waals surface area (Å²) in [5.41, 5.74) is 0.446. The SMILES string of the molecule is Cc1ccc(NC(=O)COC(=O)c2cc([N+](=O)[O-])ccc2NCCO)cc1S(=O)(=O)N1CCCCC1. The Kier molecular flexibility index (Phi) is 8.96. The van der Waals surface area contributed by atoms with E-state index in [4.69, 9.17) is 9.84 Å². The molecule has 13 heteroatoms. The number of carbonyl (C=O) groups is 2. The number of nitrogens with zero attached hydrogens (tertiary/aromatic N) is 2. The van der Waals surface area contributed by atoms with Gasteiger partial charge < -0.3 is 20.5 Å². The summed E-state index contributed by atoms with van der Waals surface area (Å²) in [5.74, 6) is -1.70. The lowest BCUT2D eigenvalue weighted by atomic mass is 10.1. The normalized spacial score (nSPS) is 14.2. The number of anilines is 2. The van der Waals surface area contributed by atoms with E-state index in [0.717, 1.165) is 25.3 Å². The molecule has 0 unspecified atom stereocenters. The van der Waals surface area contributed by atoms with Crippen molar-refractivity contribution in [2.75, 3.05) is 43.5 Å². The molecule has 1 heterocycles. The fraction of sp³-hybridized carbons (Fsp3) is 0.391. The highest BCUT2D eigenvalue weighted by Crippen LogP contribution is 2.26. The zero-order valence-electron chi connectivity index (χ0n) is 19.7. The van der Waals surface area contributed by atoms with Gasteiger partial charge in [-0.15, -0.1) is 0 Å². The first-order valence-electron chi connectivity index (χ1n) is 11.3. The summed E-state index contributed by atoms with van der Waals surface area (Å²) in [7, 11) is -3.72. The zero-order chi connectivity index (χ0) is 26.3. The summed E-state index contributed by atoms with van der Waals surface area (Å²) in [6.07, 6.45) is 2.57. The molecule has 0 aromatic heterocycles. The van der Waals surface area contributed by atoms with Crippen molar-refractivity contribution < 1.29 is 32.8 Å². The van der Waals surface area contributed by atoms with E-state index in [1.54, 1.807) is 19.1 Å². The zero-order valence-corrected chi connectivity index (χ0v) is 20.5. The van der Waals surface area contributed by atoms with Crippen LogP contribution in [0.2, 0.25) is 0 Å². The molecular formula is C23H28N4O8S. The molecule has 2 aromatic carbocycles. The van der Waals surface area contributed by atoms with Crippen LogP contribution in [0.15, 0.2) is 41.3 Å². The first kappa shape index (κ1) is 27.0. The van der Waals surface area contributed by atoms with Gasteiger partial charge in [0.05, 0.1) is 22.0 Å². The van der Waals surface area contributed by atoms with Crippen molar-refractivity contribution in [2.24, 2.45) is 0 Å². The fourth-order valence-electron chi connectivity index (χ4n) is 3.77. The van der Waals surface area contributed by atoms with E-state index in [1.165, 1.54) is 22.5 Å². The average Bonchev–Trinajstić information content (AvgIpc) is 2.87. The standard InChI is InChI=1S/C23H28N4O8S/c1-16-5-6-17(13-21(16)36(33,34)26-10-3-2-4-11-26)25-22(29)15-35-23(30)19-14-18(27(31)32)7-8-20(19)24-9-12-28/h5-8,13-14,24,28H,2-4,9-12,15H2,1H3,(H,25,29). The van der Waals surface area contributed by atoms with Crippen LogP contribution in [0.25, 0.3) is 0 Å². The maximum atomic E-state index is 13.1. The van der Waals surface area contributed by atoms with Gasteiger partial charge in [-0.2, -0.15) is 4.31 Å². The Morgan fingerprint density at radius 3 is 2.53 bits per heavy atom. The summed E-state index contributed by atoms with van der Waals surface area (Å²) in [6, 6.07) is 8.01. The van der Waals surface area contributed by atoms with Gasteiger partial charge in [0.15, 0.2) is 6.61 Å². The number of amides is 1. The van der Waals surface area contributed by atoms with Gasteiger partial charge >= 0.3 is 5.97 Å². The number of non-ortho nitro benzene ring substituents is 1. The smallest absolute Gasteiger partial charge is 0.341 e. The summed E-state index contributed by atoms with van der Waals surface area (Å²) in [6.45, 7) is 1.71. The molecule has 3 N–H and O–H groups in total. The number of aryl methyl sites for hydroxylation is 1. The molecule has 2 aromatic rings. The molecule has 0 saturated carbocycles. The van der Waals surface area contributed by atoms with Crippen LogP contribution in [0, 0.1) is 17.0 Å². The Morgan fingerprint density at radius 1 is 1.14 bits per heavy atom. The third-order valence-corrected chi connectivity index (χ3v) is 7.64. The molecule has 194 valence electrons. The highest BCUT2D eigenvalue weighted by atomic mass is 32.2. The lowest BCUT2D eigenvalue weighted by molar-refractivity contribution is -0.384. The maximum absolute atomic E-state index is 13.1. The molecule has 0 radical (unpaired) electrons. The van der Waals surface area contributed by atoms with Gasteiger partial charge in [0.1, 0.15) is 0 Å². The third kappa shape index (κ3) is 6.56. The van der Waals surface area contributed by atoms with E-state index in [9.17, 15) is 28.1 Å². The second-order valence-electron chi connectivity index (χ2n) is 8.21. The van der Waals surface area contributed by atoms with Gasteiger partial charge in [0.25, 0.3) is 11.6 Å². The number of esters is 1. The van der Waals surface area contributed by atoms with Crippen molar-refractivity contribution in [1.29, 1.82) is 0 Å². The summed E-state index contributed by atoms with van der Waals surface area (Å²) >= 11 is 0. The number of sulfonamides is 1. The van der Waals surface area contributed by atoms with Gasteiger partial charge in [-0.25, -0.2) is 13.2 Å². The first-order chi connectivity index (χ1) is 17.1. The molecule has 1 amide bonds. The molecule has 0 aliphatic carbocycles. The second-order valence-corrected chi connectivity index (χ2v) is 10.1. The maximum Gasteiger partial charge on any atom is 0.341 e. The van der Waals surface area contributed by atoms with Crippen molar-refractivity contribution >= 4 is 39.0 Å². The number of aliphatic hydroxyl groups excluding tert-OH is 1. The molecule has 1 fully saturated rings. The van der Waals surface area contributed by atoms with Crippen LogP contribution in [0.1, 0.15) is 35.2 Å². The van der Waals surface area contributed by atoms with Gasteiger partial charge in [-0.1, -0.05) is 12.5 Å². The highest BCUT2D eigenvalue weighted by molar-refractivity contribution is 7.89. The van der Waals surface area contributed by atoms with Crippen molar-refractivity contribution in [1.82, 2.24) is 4.31 Å². The lowest BCUT2D eigenvalue weighted by Crippen LogP contribution is -2.36. The Balaban J connectivity index is 1.69. The molecule has 0 spiro atoms. The molecule has 0 bridgehead atoms. The van der Waals surface area contributed by atoms with E-state index < -0.39 is 33.4 Å². The molecule has 1 saturated heterocycles. The van der Waals surface area contributed by atoms with Crippen LogP contribution < -0.4 is 10.6 Å². The lowest BCUT2D eigenvalue weighted by Gasteiger charge is -2.26. The molecule has 12 nitrogen and oxygen atoms in total. The van der Waals surface area contributed by atoms with Crippen LogP contribution in [0.3, 0.4) is 0 Å². The topological polar surface area (TPSA) is 168 Å². The number of piperidine rings is 1. The number of nitrogens with one attached hydrogen (secondary N) is 2. The Morgan fingerprint density at radius 2 is 1.86 bits per heavy atom. The predicted octanol–water partition coefficient (Wildman–Crippen LogP) is 2.28. The third-order valence-electron chi connectivity index (χ3n) is 5.60. The summed E-state index contributed by atoms with van der Waals surface area (Å²) in [4.78, 5) is 35.5. The number of rotatable bonds is 10. The number of benzene rings is 2. The van der Waals surface area contributed by atoms with Crippen molar-refractivity contribution in [3.63, 3.8) is 0 Å². The quantitative estimate of drug-likeness (QED) is 0.242. The van der Waals surface area contributed by atoms with E-state index in [2.05, 4.69) is 10.6 Å². The molecular weight excluding hydrogens is 492 g/mol. The summed E-state index contributed by atoms with van der Waals surface area (Å²) in [5, 5.41) is 25.3. The monoisotopic (exact) mass is 520 g/mol. The number of ether oxygens (including phenoxy) is 1. The molecule has 0 atom stereocenters. The Bertz CT molecular complexity index is 1240. The van der Waals surface area contributed by atoms with Crippen LogP contribution >= 0.6 is 0 Å². The summed E-state index contributed by atoms with van der Waals surface area (Å²) < 4.78 is 32.6. The number of hydrogen-bond acceptors (Lipinski definition) is 9. The highest BCUT2D eigenvalue weighted by Gasteiger charge is 2.28. The number of hydrogen-bond donors (Lipinski definition) is 3. The first-order valence-corrected chi connectivity index (χ1v) is 12.8. The molecule has 1 aliphatic heterocycles. The molecule has 36 heavy (non-hydrogen) atoms. The van der Waals surface area contributed by atoms with Crippen molar-refractivity contribution in [3.8, 4) is 0 Å². The minimum absolute atomic E-state index is 0.0919. The number of nitro groups is 1. The van der Waals surface area contributed by atoms with E-state index in [0.29, 0.717) is 18.7 Å². The Labute approximate surface area is 208 Å². The van der Waals surface area contributed by atoms with Crippen molar-refractivity contribution in [2.45, 2.75) is 31.1 Å².